The Balaban J connectivity index is 2.38. The van der Waals surface area contributed by atoms with Crippen LogP contribution < -0.4 is 5.32 Å². The van der Waals surface area contributed by atoms with Gasteiger partial charge in [0.15, 0.2) is 5.82 Å². The molecule has 0 spiro atoms. The van der Waals surface area contributed by atoms with Gasteiger partial charge >= 0.3 is 6.09 Å². The maximum Gasteiger partial charge on any atom is 0.407 e. The lowest BCUT2D eigenvalue weighted by molar-refractivity contribution is 0.152. The Bertz CT molecular complexity index is 368. The van der Waals surface area contributed by atoms with Crippen molar-refractivity contribution in [1.29, 1.82) is 0 Å². The molecule has 1 aromatic heterocycles. The Morgan fingerprint density at radius 1 is 1.47 bits per heavy atom. The highest BCUT2D eigenvalue weighted by molar-refractivity contribution is 5.66. The number of alkyl carbamates (subject to hydrolysis) is 1. The Morgan fingerprint density at radius 3 is 2.71 bits per heavy atom. The third kappa shape index (κ3) is 4.42. The predicted molar refractivity (Wildman–Crippen MR) is 61.7 cm³/mol. The van der Waals surface area contributed by atoms with Crippen molar-refractivity contribution in [2.45, 2.75) is 39.5 Å². The molecule has 6 heteroatoms. The lowest BCUT2D eigenvalue weighted by atomic mass is 9.97. The summed E-state index contributed by atoms with van der Waals surface area (Å²) in [6, 6.07) is 0. The van der Waals surface area contributed by atoms with E-state index in [0.717, 1.165) is 0 Å². The van der Waals surface area contributed by atoms with Gasteiger partial charge in [-0.3, -0.25) is 0 Å². The second kappa shape index (κ2) is 5.65. The monoisotopic (exact) mass is 241 g/mol. The summed E-state index contributed by atoms with van der Waals surface area (Å²) in [5.41, 5.74) is -0.153. The first kappa shape index (κ1) is 13.5. The first-order chi connectivity index (χ1) is 7.93. The summed E-state index contributed by atoms with van der Waals surface area (Å²) in [7, 11) is 0. The molecule has 1 N–H and O–H groups in total. The van der Waals surface area contributed by atoms with Crippen LogP contribution in [0.4, 0.5) is 4.79 Å². The van der Waals surface area contributed by atoms with E-state index < -0.39 is 6.09 Å². The van der Waals surface area contributed by atoms with E-state index in [1.165, 1.54) is 0 Å². The molecule has 96 valence electrons. The fourth-order valence-corrected chi connectivity index (χ4v) is 1.12. The molecule has 0 aliphatic heterocycles. The number of carbonyl (C=O) groups excluding carboxylic acids is 1. The summed E-state index contributed by atoms with van der Waals surface area (Å²) in [5, 5.41) is 6.44. The van der Waals surface area contributed by atoms with Crippen LogP contribution in [0.1, 0.15) is 39.4 Å². The average Bonchev–Trinajstić information content (AvgIpc) is 2.66. The van der Waals surface area contributed by atoms with Crippen molar-refractivity contribution in [1.82, 2.24) is 15.5 Å². The predicted octanol–water partition coefficient (Wildman–Crippen LogP) is 1.66. The fourth-order valence-electron chi connectivity index (χ4n) is 1.12. The van der Waals surface area contributed by atoms with Gasteiger partial charge in [-0.05, 0) is 6.92 Å². The number of aromatic nitrogens is 2. The molecule has 0 bridgehead atoms. The van der Waals surface area contributed by atoms with Crippen LogP contribution in [0.2, 0.25) is 0 Å². The number of ether oxygens (including phenoxy) is 1. The van der Waals surface area contributed by atoms with Crippen LogP contribution in [-0.2, 0) is 16.6 Å². The summed E-state index contributed by atoms with van der Waals surface area (Å²) in [5.74, 6) is 1.19. The van der Waals surface area contributed by atoms with Gasteiger partial charge in [-0.2, -0.15) is 4.98 Å². The van der Waals surface area contributed by atoms with Crippen molar-refractivity contribution in [3.8, 4) is 0 Å². The van der Waals surface area contributed by atoms with Crippen LogP contribution >= 0.6 is 0 Å². The smallest absolute Gasteiger partial charge is 0.407 e. The Labute approximate surface area is 101 Å². The van der Waals surface area contributed by atoms with Crippen molar-refractivity contribution < 1.29 is 14.1 Å². The van der Waals surface area contributed by atoms with E-state index in [4.69, 9.17) is 9.26 Å². The van der Waals surface area contributed by atoms with Crippen molar-refractivity contribution in [2.24, 2.45) is 0 Å². The average molecular weight is 241 g/mol. The zero-order valence-electron chi connectivity index (χ0n) is 10.7. The third-order valence-electron chi connectivity index (χ3n) is 2.00. The number of hydrogen-bond donors (Lipinski definition) is 1. The van der Waals surface area contributed by atoms with Crippen LogP contribution in [0.25, 0.3) is 0 Å². The highest BCUT2D eigenvalue weighted by atomic mass is 16.5. The molecule has 1 rings (SSSR count). The minimum Gasteiger partial charge on any atom is -0.450 e. The Hall–Kier alpha value is -1.59. The summed E-state index contributed by atoms with van der Waals surface area (Å²) in [4.78, 5) is 15.3. The number of carbonyl (C=O) groups is 1. The minimum atomic E-state index is -0.424. The van der Waals surface area contributed by atoms with Gasteiger partial charge in [0, 0.05) is 18.4 Å². The van der Waals surface area contributed by atoms with Crippen molar-refractivity contribution in [3.63, 3.8) is 0 Å². The molecule has 1 heterocycles. The zero-order chi connectivity index (χ0) is 12.9. The molecule has 0 fully saturated rings. The molecule has 0 atom stereocenters. The molecule has 17 heavy (non-hydrogen) atoms. The molecule has 0 aliphatic rings. The number of rotatable bonds is 4. The van der Waals surface area contributed by atoms with Crippen LogP contribution in [0.3, 0.4) is 0 Å². The van der Waals surface area contributed by atoms with Gasteiger partial charge in [0.25, 0.3) is 0 Å². The summed E-state index contributed by atoms with van der Waals surface area (Å²) in [6.45, 7) is 8.56. The number of hydrogen-bond acceptors (Lipinski definition) is 5. The molecule has 1 amide bonds. The SMILES string of the molecule is CCOC(=O)NCCc1noc(C(C)(C)C)n1. The van der Waals surface area contributed by atoms with Crippen molar-refractivity contribution in [3.05, 3.63) is 11.7 Å². The van der Waals surface area contributed by atoms with E-state index in [-0.39, 0.29) is 5.41 Å². The van der Waals surface area contributed by atoms with Crippen LogP contribution in [0, 0.1) is 0 Å². The second-order valence-corrected chi connectivity index (χ2v) is 4.66. The van der Waals surface area contributed by atoms with Gasteiger partial charge in [-0.1, -0.05) is 25.9 Å². The molecule has 0 radical (unpaired) electrons. The highest BCUT2D eigenvalue weighted by Crippen LogP contribution is 2.19. The minimum absolute atomic E-state index is 0.153. The number of nitrogens with one attached hydrogen (secondary N) is 1. The van der Waals surface area contributed by atoms with Gasteiger partial charge in [-0.25, -0.2) is 4.79 Å². The number of amides is 1. The molecular formula is C11H19N3O3. The van der Waals surface area contributed by atoms with Gasteiger partial charge in [-0.15, -0.1) is 0 Å². The van der Waals surface area contributed by atoms with Crippen LogP contribution in [0.5, 0.6) is 0 Å². The molecular weight excluding hydrogens is 222 g/mol. The quantitative estimate of drug-likeness (QED) is 0.867. The van der Waals surface area contributed by atoms with E-state index in [1.807, 2.05) is 20.8 Å². The summed E-state index contributed by atoms with van der Waals surface area (Å²) in [6.07, 6.45) is 0.102. The standard InChI is InChI=1S/C11H19N3O3/c1-5-16-10(15)12-7-6-8-13-9(17-14-8)11(2,3)4/h5-7H2,1-4H3,(H,12,15). The number of nitrogens with zero attached hydrogens (tertiary/aromatic N) is 2. The van der Waals surface area contributed by atoms with Crippen LogP contribution in [0.15, 0.2) is 4.52 Å². The normalized spacial score (nSPS) is 11.3. The van der Waals surface area contributed by atoms with E-state index >= 15 is 0 Å². The fraction of sp³-hybridized carbons (Fsp3) is 0.727. The van der Waals surface area contributed by atoms with Gasteiger partial charge in [0.1, 0.15) is 0 Å². The van der Waals surface area contributed by atoms with Crippen molar-refractivity contribution >= 4 is 6.09 Å². The van der Waals surface area contributed by atoms with E-state index in [2.05, 4.69) is 15.5 Å². The largest absolute Gasteiger partial charge is 0.450 e. The maximum atomic E-state index is 11.0. The molecule has 0 aliphatic carbocycles. The first-order valence-electron chi connectivity index (χ1n) is 5.67. The molecule has 0 unspecified atom stereocenters. The maximum absolute atomic E-state index is 11.0. The second-order valence-electron chi connectivity index (χ2n) is 4.66. The first-order valence-corrected chi connectivity index (χ1v) is 5.67. The lowest BCUT2D eigenvalue weighted by Gasteiger charge is -2.10. The van der Waals surface area contributed by atoms with Gasteiger partial charge in [0.2, 0.25) is 5.89 Å². The summed E-state index contributed by atoms with van der Waals surface area (Å²) < 4.78 is 9.85. The van der Waals surface area contributed by atoms with E-state index in [0.29, 0.717) is 31.3 Å². The molecule has 0 saturated carbocycles. The van der Waals surface area contributed by atoms with E-state index in [9.17, 15) is 4.79 Å². The summed E-state index contributed by atoms with van der Waals surface area (Å²) >= 11 is 0. The molecule has 1 aromatic rings. The highest BCUT2D eigenvalue weighted by Gasteiger charge is 2.21. The zero-order valence-corrected chi connectivity index (χ0v) is 10.7. The lowest BCUT2D eigenvalue weighted by Crippen LogP contribution is -2.26. The van der Waals surface area contributed by atoms with Gasteiger partial charge in [0.05, 0.1) is 6.61 Å². The van der Waals surface area contributed by atoms with Crippen LogP contribution in [-0.4, -0.2) is 29.4 Å². The topological polar surface area (TPSA) is 77.2 Å². The third-order valence-corrected chi connectivity index (χ3v) is 2.00. The Morgan fingerprint density at radius 2 is 2.18 bits per heavy atom. The van der Waals surface area contributed by atoms with Gasteiger partial charge < -0.3 is 14.6 Å². The van der Waals surface area contributed by atoms with Crippen molar-refractivity contribution in [2.75, 3.05) is 13.2 Å². The molecule has 0 saturated heterocycles. The Kier molecular flexibility index (Phi) is 4.48. The molecule has 6 nitrogen and oxygen atoms in total. The van der Waals surface area contributed by atoms with E-state index in [1.54, 1.807) is 6.92 Å². The molecule has 0 aromatic carbocycles.